The largest absolute Gasteiger partial charge is 0.497 e. The van der Waals surface area contributed by atoms with Gasteiger partial charge in [0, 0.05) is 38.7 Å². The standard InChI is InChI=1S/C23H36N4O3/c1-5-30-20-15-19(23(20)12-6-13-23)26-22(25-16-21(28)27(2)3)24-14-11-17-7-9-18(29-4)10-8-17/h7-10,19-20H,5-6,11-16H2,1-4H3,(H2,24,25,26). The van der Waals surface area contributed by atoms with E-state index in [4.69, 9.17) is 9.47 Å². The Morgan fingerprint density at radius 1 is 1.27 bits per heavy atom. The summed E-state index contributed by atoms with van der Waals surface area (Å²) in [5.74, 6) is 1.56. The van der Waals surface area contributed by atoms with E-state index in [-0.39, 0.29) is 17.9 Å². The Labute approximate surface area is 180 Å². The third kappa shape index (κ3) is 5.06. The number of aliphatic imine (C=N–C) groups is 1. The van der Waals surface area contributed by atoms with Crippen molar-refractivity contribution in [2.45, 2.75) is 51.2 Å². The number of carbonyl (C=O) groups is 1. The van der Waals surface area contributed by atoms with Crippen molar-refractivity contribution >= 4 is 11.9 Å². The number of benzene rings is 1. The third-order valence-corrected chi connectivity index (χ3v) is 6.48. The van der Waals surface area contributed by atoms with Crippen LogP contribution in [-0.4, -0.2) is 69.8 Å². The van der Waals surface area contributed by atoms with Crippen molar-refractivity contribution in [1.29, 1.82) is 0 Å². The smallest absolute Gasteiger partial charge is 0.243 e. The Kier molecular flexibility index (Phi) is 7.58. The highest BCUT2D eigenvalue weighted by Gasteiger charge is 2.59. The molecule has 1 aromatic carbocycles. The molecule has 1 aromatic rings. The molecule has 7 nitrogen and oxygen atoms in total. The van der Waals surface area contributed by atoms with Crippen LogP contribution in [0, 0.1) is 5.41 Å². The molecule has 2 saturated carbocycles. The highest BCUT2D eigenvalue weighted by molar-refractivity contribution is 5.85. The molecule has 30 heavy (non-hydrogen) atoms. The second-order valence-electron chi connectivity index (χ2n) is 8.44. The van der Waals surface area contributed by atoms with Gasteiger partial charge in [-0.2, -0.15) is 0 Å². The highest BCUT2D eigenvalue weighted by Crippen LogP contribution is 2.57. The summed E-state index contributed by atoms with van der Waals surface area (Å²) in [4.78, 5) is 18.2. The van der Waals surface area contributed by atoms with Gasteiger partial charge in [-0.1, -0.05) is 18.6 Å². The Bertz CT molecular complexity index is 728. The minimum Gasteiger partial charge on any atom is -0.497 e. The van der Waals surface area contributed by atoms with Gasteiger partial charge < -0.3 is 25.0 Å². The van der Waals surface area contributed by atoms with Crippen LogP contribution in [0.1, 0.15) is 38.2 Å². The number of hydrogen-bond acceptors (Lipinski definition) is 4. The molecule has 3 rings (SSSR count). The molecule has 0 heterocycles. The maximum Gasteiger partial charge on any atom is 0.243 e. The number of carbonyl (C=O) groups excluding carboxylic acids is 1. The van der Waals surface area contributed by atoms with E-state index in [1.807, 2.05) is 12.1 Å². The molecule has 0 bridgehead atoms. The summed E-state index contributed by atoms with van der Waals surface area (Å²) in [6.07, 6.45) is 5.87. The molecule has 0 aliphatic heterocycles. The molecule has 2 aliphatic carbocycles. The Balaban J connectivity index is 1.59. The second kappa shape index (κ2) is 10.2. The molecule has 1 amide bonds. The van der Waals surface area contributed by atoms with Crippen molar-refractivity contribution < 1.29 is 14.3 Å². The van der Waals surface area contributed by atoms with Crippen LogP contribution < -0.4 is 15.4 Å². The van der Waals surface area contributed by atoms with Crippen LogP contribution in [0.5, 0.6) is 5.75 Å². The minimum atomic E-state index is -0.00888. The minimum absolute atomic E-state index is 0.00888. The Morgan fingerprint density at radius 3 is 2.57 bits per heavy atom. The van der Waals surface area contributed by atoms with Gasteiger partial charge in [0.1, 0.15) is 12.3 Å². The van der Waals surface area contributed by atoms with E-state index >= 15 is 0 Å². The number of nitrogens with zero attached hydrogens (tertiary/aromatic N) is 2. The molecule has 166 valence electrons. The quantitative estimate of drug-likeness (QED) is 0.477. The average Bonchev–Trinajstić information content (AvgIpc) is 2.69. The van der Waals surface area contributed by atoms with E-state index in [9.17, 15) is 4.79 Å². The SMILES string of the molecule is CCOC1CC(NC(=NCC(=O)N(C)C)NCCc2ccc(OC)cc2)C12CCC2. The Hall–Kier alpha value is -2.28. The summed E-state index contributed by atoms with van der Waals surface area (Å²) in [6.45, 7) is 3.70. The van der Waals surface area contributed by atoms with Crippen LogP contribution in [0.2, 0.25) is 0 Å². The van der Waals surface area contributed by atoms with Crippen LogP contribution in [0.25, 0.3) is 0 Å². The molecule has 2 aliphatic rings. The first kappa shape index (κ1) is 22.4. The molecule has 2 fully saturated rings. The maximum absolute atomic E-state index is 12.0. The Morgan fingerprint density at radius 2 is 2.00 bits per heavy atom. The lowest BCUT2D eigenvalue weighted by molar-refractivity contribution is -0.168. The summed E-state index contributed by atoms with van der Waals surface area (Å²) >= 11 is 0. The number of hydrogen-bond donors (Lipinski definition) is 2. The average molecular weight is 417 g/mol. The van der Waals surface area contributed by atoms with Gasteiger partial charge in [0.25, 0.3) is 0 Å². The van der Waals surface area contributed by atoms with Crippen molar-refractivity contribution in [3.05, 3.63) is 29.8 Å². The number of guanidine groups is 1. The molecule has 2 unspecified atom stereocenters. The van der Waals surface area contributed by atoms with Gasteiger partial charge >= 0.3 is 0 Å². The monoisotopic (exact) mass is 416 g/mol. The van der Waals surface area contributed by atoms with Crippen LogP contribution in [0.15, 0.2) is 29.3 Å². The van der Waals surface area contributed by atoms with Crippen molar-refractivity contribution in [3.8, 4) is 5.75 Å². The zero-order valence-corrected chi connectivity index (χ0v) is 18.7. The van der Waals surface area contributed by atoms with Crippen LogP contribution in [-0.2, 0) is 16.0 Å². The number of methoxy groups -OCH3 is 1. The molecule has 7 heteroatoms. The summed E-state index contributed by atoms with van der Waals surface area (Å²) in [6, 6.07) is 8.44. The fraction of sp³-hybridized carbons (Fsp3) is 0.652. The van der Waals surface area contributed by atoms with E-state index in [2.05, 4.69) is 34.7 Å². The molecule has 2 atom stereocenters. The van der Waals surface area contributed by atoms with Crippen molar-refractivity contribution in [2.75, 3.05) is 40.9 Å². The van der Waals surface area contributed by atoms with Gasteiger partial charge in [-0.3, -0.25) is 4.79 Å². The van der Waals surface area contributed by atoms with E-state index < -0.39 is 0 Å². The normalized spacial score (nSPS) is 22.1. The first-order valence-electron chi connectivity index (χ1n) is 11.0. The van der Waals surface area contributed by atoms with Crippen LogP contribution >= 0.6 is 0 Å². The third-order valence-electron chi connectivity index (χ3n) is 6.48. The number of ether oxygens (including phenoxy) is 2. The number of rotatable bonds is 9. The predicted molar refractivity (Wildman–Crippen MR) is 119 cm³/mol. The van der Waals surface area contributed by atoms with Crippen LogP contribution in [0.4, 0.5) is 0 Å². The lowest BCUT2D eigenvalue weighted by atomic mass is 9.51. The van der Waals surface area contributed by atoms with Gasteiger partial charge in [-0.15, -0.1) is 0 Å². The maximum atomic E-state index is 12.0. The molecule has 1 spiro atoms. The summed E-state index contributed by atoms with van der Waals surface area (Å²) < 4.78 is 11.2. The van der Waals surface area contributed by atoms with E-state index in [0.29, 0.717) is 18.1 Å². The summed E-state index contributed by atoms with van der Waals surface area (Å²) in [7, 11) is 5.18. The first-order chi connectivity index (χ1) is 14.5. The summed E-state index contributed by atoms with van der Waals surface area (Å²) in [5.41, 5.74) is 1.46. The van der Waals surface area contributed by atoms with Crippen LogP contribution in [0.3, 0.4) is 0 Å². The second-order valence-corrected chi connectivity index (χ2v) is 8.44. The molecule has 0 aromatic heterocycles. The number of nitrogens with one attached hydrogen (secondary N) is 2. The molecule has 0 saturated heterocycles. The lowest BCUT2D eigenvalue weighted by Gasteiger charge is -2.61. The first-order valence-corrected chi connectivity index (χ1v) is 11.0. The van der Waals surface area contributed by atoms with Crippen molar-refractivity contribution in [3.63, 3.8) is 0 Å². The molecular formula is C23H36N4O3. The van der Waals surface area contributed by atoms with Gasteiger partial charge in [0.05, 0.1) is 13.2 Å². The van der Waals surface area contributed by atoms with Crippen molar-refractivity contribution in [2.24, 2.45) is 10.4 Å². The van der Waals surface area contributed by atoms with Gasteiger partial charge in [0.2, 0.25) is 5.91 Å². The number of amides is 1. The molecular weight excluding hydrogens is 380 g/mol. The lowest BCUT2D eigenvalue weighted by Crippen LogP contribution is -2.68. The fourth-order valence-corrected chi connectivity index (χ4v) is 4.36. The zero-order valence-electron chi connectivity index (χ0n) is 18.7. The van der Waals surface area contributed by atoms with E-state index in [1.165, 1.54) is 24.8 Å². The van der Waals surface area contributed by atoms with E-state index in [1.54, 1.807) is 26.1 Å². The van der Waals surface area contributed by atoms with Gasteiger partial charge in [0.15, 0.2) is 5.96 Å². The summed E-state index contributed by atoms with van der Waals surface area (Å²) in [5, 5.41) is 7.02. The topological polar surface area (TPSA) is 75.2 Å². The van der Waals surface area contributed by atoms with Gasteiger partial charge in [-0.05, 0) is 50.3 Å². The predicted octanol–water partition coefficient (Wildman–Crippen LogP) is 2.21. The number of likely N-dealkylation sites (N-methyl/N-ethyl adjacent to an activating group) is 1. The fourth-order valence-electron chi connectivity index (χ4n) is 4.36. The van der Waals surface area contributed by atoms with E-state index in [0.717, 1.165) is 31.7 Å². The zero-order chi connectivity index (χ0) is 21.6. The van der Waals surface area contributed by atoms with Gasteiger partial charge in [-0.25, -0.2) is 4.99 Å². The molecule has 2 N–H and O–H groups in total. The van der Waals surface area contributed by atoms with Crippen molar-refractivity contribution in [1.82, 2.24) is 15.5 Å². The highest BCUT2D eigenvalue weighted by atomic mass is 16.5. The molecule has 0 radical (unpaired) electrons.